The van der Waals surface area contributed by atoms with Gasteiger partial charge in [-0.2, -0.15) is 0 Å². The summed E-state index contributed by atoms with van der Waals surface area (Å²) in [6.45, 7) is 3.55. The zero-order valence-corrected chi connectivity index (χ0v) is 26.4. The summed E-state index contributed by atoms with van der Waals surface area (Å²) in [5, 5.41) is 15.5. The normalized spacial score (nSPS) is 19.8. The number of halogens is 2. The number of rotatable bonds is 10. The maximum atomic E-state index is 14.0. The molecule has 234 valence electrons. The number of benzene rings is 2. The average molecular weight is 650 g/mol. The molecule has 1 N–H and O–H groups in total. The van der Waals surface area contributed by atoms with Crippen molar-refractivity contribution in [2.45, 2.75) is 36.6 Å². The number of nitrogens with one attached hydrogen (secondary N) is 1. The third kappa shape index (κ3) is 6.25. The molecule has 6 rings (SSSR count). The van der Waals surface area contributed by atoms with Crippen molar-refractivity contribution in [3.63, 3.8) is 0 Å². The number of hydrogen-bond donors (Lipinski definition) is 1. The Hall–Kier alpha value is -4.06. The molecule has 4 aromatic rings. The highest BCUT2D eigenvalue weighted by molar-refractivity contribution is 6.42. The fourth-order valence-electron chi connectivity index (χ4n) is 6.72. The first-order valence-corrected chi connectivity index (χ1v) is 15.6. The summed E-state index contributed by atoms with van der Waals surface area (Å²) in [5.41, 5.74) is 2.43. The molecule has 4 heterocycles. The van der Waals surface area contributed by atoms with Crippen molar-refractivity contribution in [2.75, 3.05) is 39.8 Å². The number of carbonyl (C=O) groups is 2. The number of likely N-dealkylation sites (tertiary alicyclic amines) is 2. The Balaban J connectivity index is 1.22. The summed E-state index contributed by atoms with van der Waals surface area (Å²) >= 11 is 12.8. The summed E-state index contributed by atoms with van der Waals surface area (Å²) in [6.07, 6.45) is 8.99. The number of nitrogens with zero attached hydrogens (tertiary/aromatic N) is 7. The molecule has 2 aromatic carbocycles. The van der Waals surface area contributed by atoms with Crippen LogP contribution in [0.25, 0.3) is 5.69 Å². The molecule has 13 heteroatoms. The highest BCUT2D eigenvalue weighted by atomic mass is 35.5. The fourth-order valence-corrected chi connectivity index (χ4v) is 7.01. The first-order chi connectivity index (χ1) is 21.9. The molecule has 0 saturated carbocycles. The standard InChI is InChI=1S/C32H34Cl2N8O3/c1-45-29-7-5-25(42-21-37-38-39-42)18-26(29)30(44)41-16-9-31(20-41,23-4-6-27(33)28(34)17-23)8-13-40-14-10-32(11-15-40,36-22-43)24-3-2-12-35-19-24/h2-7,12,17-19,21-22H,8-11,13-16,20H2,1H3,(H,36,43). The number of piperidine rings is 1. The van der Waals surface area contributed by atoms with E-state index in [0.29, 0.717) is 40.1 Å². The van der Waals surface area contributed by atoms with Gasteiger partial charge in [0.05, 0.1) is 33.9 Å². The fraction of sp³-hybridized carbons (Fsp3) is 0.375. The molecule has 11 nitrogen and oxygen atoms in total. The second kappa shape index (κ2) is 13.1. The van der Waals surface area contributed by atoms with Crippen molar-refractivity contribution in [1.29, 1.82) is 0 Å². The molecule has 2 aliphatic rings. The zero-order chi connectivity index (χ0) is 31.4. The number of hydrogen-bond acceptors (Lipinski definition) is 8. The number of carbonyl (C=O) groups excluding carboxylic acids is 2. The Morgan fingerprint density at radius 1 is 1.04 bits per heavy atom. The molecule has 0 bridgehead atoms. The lowest BCUT2D eigenvalue weighted by molar-refractivity contribution is -0.112. The van der Waals surface area contributed by atoms with E-state index in [1.165, 1.54) is 11.0 Å². The van der Waals surface area contributed by atoms with Crippen LogP contribution in [0.3, 0.4) is 0 Å². The van der Waals surface area contributed by atoms with Gasteiger partial charge in [-0.25, -0.2) is 4.68 Å². The summed E-state index contributed by atoms with van der Waals surface area (Å²) in [5.74, 6) is 0.362. The Bertz CT molecular complexity index is 1650. The van der Waals surface area contributed by atoms with Crippen LogP contribution in [0, 0.1) is 0 Å². The molecule has 45 heavy (non-hydrogen) atoms. The maximum absolute atomic E-state index is 14.0. The van der Waals surface area contributed by atoms with Crippen LogP contribution in [0.2, 0.25) is 10.0 Å². The van der Waals surface area contributed by atoms with Crippen LogP contribution in [0.4, 0.5) is 0 Å². The minimum Gasteiger partial charge on any atom is -0.496 e. The lowest BCUT2D eigenvalue weighted by Crippen LogP contribution is -2.51. The van der Waals surface area contributed by atoms with Crippen LogP contribution in [-0.2, 0) is 15.7 Å². The van der Waals surface area contributed by atoms with Crippen molar-refractivity contribution in [3.05, 3.63) is 94.0 Å². The van der Waals surface area contributed by atoms with Gasteiger partial charge < -0.3 is 19.9 Å². The van der Waals surface area contributed by atoms with E-state index < -0.39 is 5.54 Å². The molecule has 2 saturated heterocycles. The molecule has 0 aliphatic carbocycles. The van der Waals surface area contributed by atoms with E-state index in [4.69, 9.17) is 27.9 Å². The minimum absolute atomic E-state index is 0.122. The lowest BCUT2D eigenvalue weighted by atomic mass is 9.76. The largest absolute Gasteiger partial charge is 0.496 e. The van der Waals surface area contributed by atoms with Gasteiger partial charge in [-0.05, 0) is 90.2 Å². The van der Waals surface area contributed by atoms with Crippen molar-refractivity contribution in [1.82, 2.24) is 40.3 Å². The van der Waals surface area contributed by atoms with Gasteiger partial charge in [-0.1, -0.05) is 35.3 Å². The Kier molecular flexibility index (Phi) is 9.02. The molecule has 1 unspecified atom stereocenters. The second-order valence-electron chi connectivity index (χ2n) is 11.7. The summed E-state index contributed by atoms with van der Waals surface area (Å²) in [4.78, 5) is 34.2. The number of amides is 2. The Labute approximate surface area is 271 Å². The third-order valence-electron chi connectivity index (χ3n) is 9.37. The smallest absolute Gasteiger partial charge is 0.257 e. The van der Waals surface area contributed by atoms with Gasteiger partial charge in [0, 0.05) is 44.0 Å². The molecule has 0 spiro atoms. The number of ether oxygens (including phenoxy) is 1. The first kappa shape index (κ1) is 30.9. The van der Waals surface area contributed by atoms with Crippen LogP contribution in [0.15, 0.2) is 67.3 Å². The number of methoxy groups -OCH3 is 1. The van der Waals surface area contributed by atoms with Gasteiger partial charge in [-0.15, -0.1) is 5.10 Å². The highest BCUT2D eigenvalue weighted by Gasteiger charge is 2.43. The number of tetrazole rings is 1. The number of pyridine rings is 1. The van der Waals surface area contributed by atoms with Crippen LogP contribution in [0.1, 0.15) is 47.2 Å². The summed E-state index contributed by atoms with van der Waals surface area (Å²) in [7, 11) is 1.55. The van der Waals surface area contributed by atoms with E-state index >= 15 is 0 Å². The van der Waals surface area contributed by atoms with Crippen LogP contribution in [0.5, 0.6) is 5.75 Å². The van der Waals surface area contributed by atoms with Crippen LogP contribution in [-0.4, -0.2) is 87.1 Å². The van der Waals surface area contributed by atoms with Gasteiger partial charge >= 0.3 is 0 Å². The van der Waals surface area contributed by atoms with Gasteiger partial charge in [0.25, 0.3) is 5.91 Å². The highest BCUT2D eigenvalue weighted by Crippen LogP contribution is 2.42. The van der Waals surface area contributed by atoms with E-state index in [-0.39, 0.29) is 11.3 Å². The van der Waals surface area contributed by atoms with Crippen molar-refractivity contribution >= 4 is 35.5 Å². The Morgan fingerprint density at radius 2 is 1.89 bits per heavy atom. The van der Waals surface area contributed by atoms with Gasteiger partial charge in [0.1, 0.15) is 12.1 Å². The zero-order valence-electron chi connectivity index (χ0n) is 24.9. The molecule has 1 atom stereocenters. The Morgan fingerprint density at radius 3 is 2.58 bits per heavy atom. The molecular weight excluding hydrogens is 615 g/mol. The monoisotopic (exact) mass is 648 g/mol. The minimum atomic E-state index is -0.430. The quantitative estimate of drug-likeness (QED) is 0.253. The van der Waals surface area contributed by atoms with Crippen molar-refractivity contribution < 1.29 is 14.3 Å². The molecule has 2 aliphatic heterocycles. The van der Waals surface area contributed by atoms with E-state index in [1.807, 2.05) is 47.5 Å². The summed E-state index contributed by atoms with van der Waals surface area (Å²) in [6, 6.07) is 15.0. The molecule has 0 radical (unpaired) electrons. The third-order valence-corrected chi connectivity index (χ3v) is 10.1. The van der Waals surface area contributed by atoms with Crippen LogP contribution >= 0.6 is 23.2 Å². The first-order valence-electron chi connectivity index (χ1n) is 14.9. The SMILES string of the molecule is COc1ccc(-n2cnnn2)cc1C(=O)N1CCC(CCN2CCC(NC=O)(c3cccnc3)CC2)(c2ccc(Cl)c(Cl)c2)C1. The average Bonchev–Trinajstić information content (AvgIpc) is 3.78. The topological polar surface area (TPSA) is 118 Å². The van der Waals surface area contributed by atoms with Crippen molar-refractivity contribution in [2.24, 2.45) is 0 Å². The maximum Gasteiger partial charge on any atom is 0.257 e. The van der Waals surface area contributed by atoms with Crippen molar-refractivity contribution in [3.8, 4) is 11.4 Å². The van der Waals surface area contributed by atoms with E-state index in [0.717, 1.165) is 62.9 Å². The molecule has 2 amide bonds. The van der Waals surface area contributed by atoms with E-state index in [1.54, 1.807) is 25.4 Å². The second-order valence-corrected chi connectivity index (χ2v) is 12.5. The molecular formula is C32H34Cl2N8O3. The summed E-state index contributed by atoms with van der Waals surface area (Å²) < 4.78 is 7.09. The van der Waals surface area contributed by atoms with E-state index in [2.05, 4.69) is 30.7 Å². The van der Waals surface area contributed by atoms with Gasteiger partial charge in [-0.3, -0.25) is 14.6 Å². The van der Waals surface area contributed by atoms with Gasteiger partial charge in [0.2, 0.25) is 6.41 Å². The predicted octanol–water partition coefficient (Wildman–Crippen LogP) is 4.28. The molecule has 2 aromatic heterocycles. The van der Waals surface area contributed by atoms with E-state index in [9.17, 15) is 9.59 Å². The van der Waals surface area contributed by atoms with Gasteiger partial charge in [0.15, 0.2) is 0 Å². The lowest BCUT2D eigenvalue weighted by Gasteiger charge is -2.42. The predicted molar refractivity (Wildman–Crippen MR) is 170 cm³/mol. The molecule has 2 fully saturated rings. The van der Waals surface area contributed by atoms with Crippen LogP contribution < -0.4 is 10.1 Å². The number of aromatic nitrogens is 5.